The lowest BCUT2D eigenvalue weighted by Gasteiger charge is -2.22. The zero-order chi connectivity index (χ0) is 9.84. The molecule has 72 valence electrons. The maximum absolute atomic E-state index is 2.23. The molecule has 1 aromatic rings. The van der Waals surface area contributed by atoms with E-state index in [1.807, 2.05) is 11.8 Å². The van der Waals surface area contributed by atoms with Gasteiger partial charge in [-0.25, -0.2) is 0 Å². The van der Waals surface area contributed by atoms with Crippen LogP contribution in [0.5, 0.6) is 0 Å². The van der Waals surface area contributed by atoms with E-state index in [9.17, 15) is 0 Å². The van der Waals surface area contributed by atoms with Gasteiger partial charge in [0.2, 0.25) is 0 Å². The van der Waals surface area contributed by atoms with Gasteiger partial charge in [0.15, 0.2) is 0 Å². The van der Waals surface area contributed by atoms with Crippen LogP contribution in [0, 0.1) is 0 Å². The smallest absolute Gasteiger partial charge is 0.0324 e. The van der Waals surface area contributed by atoms with Gasteiger partial charge in [-0.3, -0.25) is 0 Å². The summed E-state index contributed by atoms with van der Waals surface area (Å²) in [5.74, 6) is 0. The van der Waals surface area contributed by atoms with Crippen molar-refractivity contribution in [2.45, 2.75) is 17.9 Å². The second-order valence-electron chi connectivity index (χ2n) is 3.38. The van der Waals surface area contributed by atoms with E-state index in [2.05, 4.69) is 56.4 Å². The Labute approximate surface area is 85.1 Å². The van der Waals surface area contributed by atoms with E-state index in [-0.39, 0.29) is 0 Å². The molecule has 2 heteroatoms. The molecular formula is C11H17NS. The van der Waals surface area contributed by atoms with Gasteiger partial charge >= 0.3 is 0 Å². The van der Waals surface area contributed by atoms with E-state index in [1.165, 1.54) is 10.5 Å². The van der Waals surface area contributed by atoms with Crippen LogP contribution in [0.15, 0.2) is 29.2 Å². The summed E-state index contributed by atoms with van der Waals surface area (Å²) in [5, 5.41) is 0. The van der Waals surface area contributed by atoms with E-state index in [4.69, 9.17) is 0 Å². The molecular weight excluding hydrogens is 178 g/mol. The fraction of sp³-hybridized carbons (Fsp3) is 0.455. The average molecular weight is 195 g/mol. The van der Waals surface area contributed by atoms with Gasteiger partial charge in [-0.1, -0.05) is 18.2 Å². The van der Waals surface area contributed by atoms with Gasteiger partial charge in [0.1, 0.15) is 0 Å². The third-order valence-corrected chi connectivity index (χ3v) is 3.18. The second-order valence-corrected chi connectivity index (χ2v) is 4.23. The topological polar surface area (TPSA) is 3.24 Å². The number of benzene rings is 1. The largest absolute Gasteiger partial charge is 0.303 e. The first-order chi connectivity index (χ1) is 6.16. The molecule has 0 aromatic heterocycles. The Morgan fingerprint density at radius 3 is 2.38 bits per heavy atom. The Balaban J connectivity index is 2.98. The van der Waals surface area contributed by atoms with Gasteiger partial charge in [-0.2, -0.15) is 0 Å². The minimum atomic E-state index is 0.489. The SMILES string of the molecule is CSc1ccccc1C(C)N(C)C. The lowest BCUT2D eigenvalue weighted by atomic mass is 10.1. The number of hydrogen-bond donors (Lipinski definition) is 0. The molecule has 0 amide bonds. The fourth-order valence-electron chi connectivity index (χ4n) is 1.29. The first kappa shape index (κ1) is 10.6. The average Bonchev–Trinajstić information content (AvgIpc) is 2.16. The molecule has 0 heterocycles. The minimum Gasteiger partial charge on any atom is -0.303 e. The van der Waals surface area contributed by atoms with Crippen molar-refractivity contribution in [1.29, 1.82) is 0 Å². The molecule has 0 aliphatic carbocycles. The Hall–Kier alpha value is -0.470. The molecule has 0 fully saturated rings. The molecule has 1 aromatic carbocycles. The van der Waals surface area contributed by atoms with Crippen LogP contribution in [-0.2, 0) is 0 Å². The molecule has 0 radical (unpaired) electrons. The van der Waals surface area contributed by atoms with Gasteiger partial charge in [-0.05, 0) is 38.9 Å². The van der Waals surface area contributed by atoms with Crippen LogP contribution in [-0.4, -0.2) is 25.3 Å². The molecule has 0 bridgehead atoms. The van der Waals surface area contributed by atoms with Crippen molar-refractivity contribution in [3.63, 3.8) is 0 Å². The van der Waals surface area contributed by atoms with Crippen LogP contribution in [0.25, 0.3) is 0 Å². The highest BCUT2D eigenvalue weighted by atomic mass is 32.2. The van der Waals surface area contributed by atoms with E-state index >= 15 is 0 Å². The first-order valence-electron chi connectivity index (χ1n) is 4.46. The molecule has 0 N–H and O–H groups in total. The van der Waals surface area contributed by atoms with Crippen molar-refractivity contribution in [2.75, 3.05) is 20.4 Å². The summed E-state index contributed by atoms with van der Waals surface area (Å²) in [6.45, 7) is 2.23. The maximum Gasteiger partial charge on any atom is 0.0324 e. The monoisotopic (exact) mass is 195 g/mol. The van der Waals surface area contributed by atoms with Crippen LogP contribution >= 0.6 is 11.8 Å². The Bertz CT molecular complexity index is 271. The normalized spacial score (nSPS) is 13.3. The van der Waals surface area contributed by atoms with Crippen LogP contribution in [0.2, 0.25) is 0 Å². The second kappa shape index (κ2) is 4.68. The van der Waals surface area contributed by atoms with Gasteiger partial charge in [0, 0.05) is 10.9 Å². The number of rotatable bonds is 3. The van der Waals surface area contributed by atoms with Crippen molar-refractivity contribution in [3.8, 4) is 0 Å². The molecule has 1 nitrogen and oxygen atoms in total. The molecule has 1 rings (SSSR count). The fourth-order valence-corrected chi connectivity index (χ4v) is 1.98. The van der Waals surface area contributed by atoms with Crippen LogP contribution in [0.3, 0.4) is 0 Å². The van der Waals surface area contributed by atoms with Crippen molar-refractivity contribution in [2.24, 2.45) is 0 Å². The van der Waals surface area contributed by atoms with Crippen molar-refractivity contribution in [1.82, 2.24) is 4.90 Å². The van der Waals surface area contributed by atoms with Gasteiger partial charge in [-0.15, -0.1) is 11.8 Å². The summed E-state index contributed by atoms with van der Waals surface area (Å²) >= 11 is 1.81. The lowest BCUT2D eigenvalue weighted by molar-refractivity contribution is 0.317. The number of thioether (sulfide) groups is 1. The Kier molecular flexibility index (Phi) is 3.82. The third-order valence-electron chi connectivity index (χ3n) is 2.36. The van der Waals surface area contributed by atoms with Crippen LogP contribution in [0.1, 0.15) is 18.5 Å². The predicted octanol–water partition coefficient (Wildman–Crippen LogP) is 3.03. The van der Waals surface area contributed by atoms with Crippen LogP contribution in [0.4, 0.5) is 0 Å². The molecule has 0 saturated heterocycles. The molecule has 1 unspecified atom stereocenters. The van der Waals surface area contributed by atoms with E-state index in [0.29, 0.717) is 6.04 Å². The summed E-state index contributed by atoms with van der Waals surface area (Å²) in [5.41, 5.74) is 1.42. The zero-order valence-corrected chi connectivity index (χ0v) is 9.56. The van der Waals surface area contributed by atoms with E-state index in [0.717, 1.165) is 0 Å². The number of nitrogens with zero attached hydrogens (tertiary/aromatic N) is 1. The highest BCUT2D eigenvalue weighted by Gasteiger charge is 2.10. The summed E-state index contributed by atoms with van der Waals surface area (Å²) in [6, 6.07) is 9.08. The number of hydrogen-bond acceptors (Lipinski definition) is 2. The molecule has 1 atom stereocenters. The van der Waals surface area contributed by atoms with Crippen molar-refractivity contribution >= 4 is 11.8 Å². The Morgan fingerprint density at radius 1 is 1.23 bits per heavy atom. The summed E-state index contributed by atoms with van der Waals surface area (Å²) in [4.78, 5) is 3.61. The van der Waals surface area contributed by atoms with Crippen molar-refractivity contribution in [3.05, 3.63) is 29.8 Å². The molecule has 13 heavy (non-hydrogen) atoms. The zero-order valence-electron chi connectivity index (χ0n) is 8.74. The first-order valence-corrected chi connectivity index (χ1v) is 5.68. The Morgan fingerprint density at radius 2 is 1.85 bits per heavy atom. The molecule has 0 aliphatic rings. The molecule has 0 saturated carbocycles. The summed E-state index contributed by atoms with van der Waals surface area (Å²) in [6.07, 6.45) is 2.13. The van der Waals surface area contributed by atoms with Crippen molar-refractivity contribution < 1.29 is 0 Å². The summed E-state index contributed by atoms with van der Waals surface area (Å²) in [7, 11) is 4.23. The van der Waals surface area contributed by atoms with Gasteiger partial charge in [0.05, 0.1) is 0 Å². The van der Waals surface area contributed by atoms with Gasteiger partial charge < -0.3 is 4.90 Å². The predicted molar refractivity (Wildman–Crippen MR) is 60.3 cm³/mol. The standard InChI is InChI=1S/C11H17NS/c1-9(12(2)3)10-7-5-6-8-11(10)13-4/h5-9H,1-4H3. The lowest BCUT2D eigenvalue weighted by Crippen LogP contribution is -2.17. The maximum atomic E-state index is 2.23. The summed E-state index contributed by atoms with van der Waals surface area (Å²) < 4.78 is 0. The quantitative estimate of drug-likeness (QED) is 0.682. The minimum absolute atomic E-state index is 0.489. The highest BCUT2D eigenvalue weighted by Crippen LogP contribution is 2.27. The molecule has 0 spiro atoms. The van der Waals surface area contributed by atoms with Crippen LogP contribution < -0.4 is 0 Å². The van der Waals surface area contributed by atoms with E-state index < -0.39 is 0 Å². The third kappa shape index (κ3) is 2.48. The molecule has 0 aliphatic heterocycles. The van der Waals surface area contributed by atoms with Gasteiger partial charge in [0.25, 0.3) is 0 Å². The highest BCUT2D eigenvalue weighted by molar-refractivity contribution is 7.98. The van der Waals surface area contributed by atoms with E-state index in [1.54, 1.807) is 0 Å².